The fraction of sp³-hybridized carbons (Fsp3) is 0. The van der Waals surface area contributed by atoms with Gasteiger partial charge in [0.05, 0.1) is 11.3 Å². The van der Waals surface area contributed by atoms with Crippen LogP contribution in [-0.2, 0) is 0 Å². The van der Waals surface area contributed by atoms with Gasteiger partial charge in [-0.25, -0.2) is 4.98 Å². The van der Waals surface area contributed by atoms with Gasteiger partial charge >= 0.3 is 0 Å². The van der Waals surface area contributed by atoms with Crippen molar-refractivity contribution in [2.75, 3.05) is 0 Å². The van der Waals surface area contributed by atoms with Crippen molar-refractivity contribution in [3.63, 3.8) is 0 Å². The molecule has 0 fully saturated rings. The van der Waals surface area contributed by atoms with Crippen molar-refractivity contribution in [2.24, 2.45) is 0 Å². The fourth-order valence-electron chi connectivity index (χ4n) is 2.75. The molecule has 0 bridgehead atoms. The summed E-state index contributed by atoms with van der Waals surface area (Å²) in [5.74, 6) is 1.48. The number of hydrogen-bond acceptors (Lipinski definition) is 4. The van der Waals surface area contributed by atoms with Gasteiger partial charge in [-0.05, 0) is 48.0 Å². The molecule has 3 aromatic carbocycles. The maximum atomic E-state index is 9.66. The minimum Gasteiger partial charge on any atom is -0.457 e. The Kier molecular flexibility index (Phi) is 5.71. The first kappa shape index (κ1) is 18.9. The number of para-hydroxylation sites is 1. The number of halogens is 1. The average molecular weight is 415 g/mol. The van der Waals surface area contributed by atoms with Crippen LogP contribution in [0.3, 0.4) is 0 Å². The Morgan fingerprint density at radius 2 is 1.72 bits per heavy atom. The van der Waals surface area contributed by atoms with Crippen LogP contribution >= 0.6 is 22.9 Å². The quantitative estimate of drug-likeness (QED) is 0.321. The SMILES string of the molecule is N#C/C(=C/c1cccc(Oc2ccccc2)c1)c1nc(-c2ccc(Cl)cc2)cs1. The van der Waals surface area contributed by atoms with E-state index in [0.717, 1.165) is 22.6 Å². The predicted molar refractivity (Wildman–Crippen MR) is 119 cm³/mol. The van der Waals surface area contributed by atoms with Gasteiger partial charge in [0.2, 0.25) is 0 Å². The van der Waals surface area contributed by atoms with Crippen LogP contribution in [0.2, 0.25) is 5.02 Å². The summed E-state index contributed by atoms with van der Waals surface area (Å²) in [6, 6.07) is 27.0. The lowest BCUT2D eigenvalue weighted by atomic mass is 10.1. The van der Waals surface area contributed by atoms with Crippen LogP contribution in [0.25, 0.3) is 22.9 Å². The van der Waals surface area contributed by atoms with E-state index in [1.54, 1.807) is 0 Å². The van der Waals surface area contributed by atoms with Crippen LogP contribution in [0.15, 0.2) is 84.2 Å². The van der Waals surface area contributed by atoms with Crippen molar-refractivity contribution in [1.82, 2.24) is 4.98 Å². The lowest BCUT2D eigenvalue weighted by molar-refractivity contribution is 0.482. The van der Waals surface area contributed by atoms with Gasteiger partial charge < -0.3 is 4.74 Å². The Morgan fingerprint density at radius 1 is 0.966 bits per heavy atom. The van der Waals surface area contributed by atoms with Gasteiger partial charge in [0.15, 0.2) is 0 Å². The van der Waals surface area contributed by atoms with Gasteiger partial charge in [-0.1, -0.05) is 54.1 Å². The molecular weight excluding hydrogens is 400 g/mol. The minimum absolute atomic E-state index is 0.507. The van der Waals surface area contributed by atoms with Crippen LogP contribution < -0.4 is 4.74 Å². The third-order valence-electron chi connectivity index (χ3n) is 4.14. The van der Waals surface area contributed by atoms with Crippen molar-refractivity contribution in [1.29, 1.82) is 5.26 Å². The highest BCUT2D eigenvalue weighted by Crippen LogP contribution is 2.29. The molecule has 140 valence electrons. The Labute approximate surface area is 178 Å². The van der Waals surface area contributed by atoms with Crippen molar-refractivity contribution < 1.29 is 4.74 Å². The molecule has 0 radical (unpaired) electrons. The molecule has 0 amide bonds. The smallest absolute Gasteiger partial charge is 0.134 e. The number of rotatable bonds is 5. The Balaban J connectivity index is 1.59. The van der Waals surface area contributed by atoms with Crippen molar-refractivity contribution in [3.05, 3.63) is 99.8 Å². The average Bonchev–Trinajstić information content (AvgIpc) is 3.23. The monoisotopic (exact) mass is 414 g/mol. The number of nitriles is 1. The molecule has 0 N–H and O–H groups in total. The van der Waals surface area contributed by atoms with Crippen molar-refractivity contribution >= 4 is 34.6 Å². The lowest BCUT2D eigenvalue weighted by Gasteiger charge is -2.06. The Bertz CT molecular complexity index is 1190. The largest absolute Gasteiger partial charge is 0.457 e. The second-order valence-corrected chi connectivity index (χ2v) is 7.50. The minimum atomic E-state index is 0.507. The van der Waals surface area contributed by atoms with E-state index >= 15 is 0 Å². The third-order valence-corrected chi connectivity index (χ3v) is 5.27. The molecule has 1 heterocycles. The zero-order chi connectivity index (χ0) is 20.1. The maximum absolute atomic E-state index is 9.66. The number of ether oxygens (including phenoxy) is 1. The van der Waals surface area contributed by atoms with E-state index < -0.39 is 0 Å². The van der Waals surface area contributed by atoms with Crippen LogP contribution in [0.1, 0.15) is 10.6 Å². The third kappa shape index (κ3) is 4.72. The summed E-state index contributed by atoms with van der Waals surface area (Å²) in [5, 5.41) is 13.0. The molecule has 0 atom stereocenters. The lowest BCUT2D eigenvalue weighted by Crippen LogP contribution is -1.86. The highest BCUT2D eigenvalue weighted by atomic mass is 35.5. The normalized spacial score (nSPS) is 11.1. The summed E-state index contributed by atoms with van der Waals surface area (Å²) in [6.45, 7) is 0. The first-order valence-corrected chi connectivity index (χ1v) is 10.1. The fourth-order valence-corrected chi connectivity index (χ4v) is 3.67. The van der Waals surface area contributed by atoms with Gasteiger partial charge in [0.1, 0.15) is 22.6 Å². The summed E-state index contributed by atoms with van der Waals surface area (Å²) < 4.78 is 5.88. The molecule has 0 saturated carbocycles. The number of aromatic nitrogens is 1. The second kappa shape index (κ2) is 8.74. The summed E-state index contributed by atoms with van der Waals surface area (Å²) in [4.78, 5) is 4.62. The van der Waals surface area contributed by atoms with E-state index in [9.17, 15) is 5.26 Å². The summed E-state index contributed by atoms with van der Waals surface area (Å²) in [5.41, 5.74) is 3.17. The maximum Gasteiger partial charge on any atom is 0.134 e. The van der Waals surface area contributed by atoms with Crippen molar-refractivity contribution in [2.45, 2.75) is 0 Å². The molecule has 1 aromatic heterocycles. The van der Waals surface area contributed by atoms with Crippen molar-refractivity contribution in [3.8, 4) is 28.8 Å². The number of hydrogen-bond donors (Lipinski definition) is 0. The summed E-state index contributed by atoms with van der Waals surface area (Å²) in [7, 11) is 0. The second-order valence-electron chi connectivity index (χ2n) is 6.20. The molecule has 0 unspecified atom stereocenters. The molecule has 0 saturated heterocycles. The van der Waals surface area contributed by atoms with Crippen LogP contribution in [0.4, 0.5) is 0 Å². The first-order valence-electron chi connectivity index (χ1n) is 8.88. The molecule has 0 aliphatic rings. The van der Waals surface area contributed by atoms with Gasteiger partial charge in [-0.2, -0.15) is 5.26 Å². The molecule has 4 rings (SSSR count). The van der Waals surface area contributed by atoms with E-state index in [0.29, 0.717) is 21.4 Å². The molecule has 0 aliphatic heterocycles. The predicted octanol–water partition coefficient (Wildman–Crippen LogP) is 7.32. The number of nitrogens with zero attached hydrogens (tertiary/aromatic N) is 2. The van der Waals surface area contributed by atoms with Crippen LogP contribution in [-0.4, -0.2) is 4.98 Å². The summed E-state index contributed by atoms with van der Waals surface area (Å²) >= 11 is 7.39. The van der Waals surface area contributed by atoms with E-state index in [1.165, 1.54) is 11.3 Å². The molecule has 0 aliphatic carbocycles. The first-order chi connectivity index (χ1) is 14.2. The summed E-state index contributed by atoms with van der Waals surface area (Å²) in [6.07, 6.45) is 1.82. The number of benzene rings is 3. The Hall–Kier alpha value is -3.39. The van der Waals surface area contributed by atoms with Gasteiger partial charge in [-0.3, -0.25) is 0 Å². The highest BCUT2D eigenvalue weighted by Gasteiger charge is 2.09. The highest BCUT2D eigenvalue weighted by molar-refractivity contribution is 7.11. The number of thiazole rings is 1. The van der Waals surface area contributed by atoms with E-state index in [-0.39, 0.29) is 0 Å². The van der Waals surface area contributed by atoms with Crippen LogP contribution in [0, 0.1) is 11.3 Å². The molecule has 3 nitrogen and oxygen atoms in total. The topological polar surface area (TPSA) is 45.9 Å². The van der Waals surface area contributed by atoms with Gasteiger partial charge in [-0.15, -0.1) is 11.3 Å². The molecule has 0 spiro atoms. The van der Waals surface area contributed by atoms with E-state index in [4.69, 9.17) is 16.3 Å². The molecule has 29 heavy (non-hydrogen) atoms. The molecule has 4 aromatic rings. The molecule has 5 heteroatoms. The molecular formula is C24H15ClN2OS. The van der Waals surface area contributed by atoms with Gasteiger partial charge in [0.25, 0.3) is 0 Å². The van der Waals surface area contributed by atoms with E-state index in [1.807, 2.05) is 90.3 Å². The zero-order valence-electron chi connectivity index (χ0n) is 15.2. The zero-order valence-corrected chi connectivity index (χ0v) is 16.8. The number of allylic oxidation sites excluding steroid dienone is 1. The standard InChI is InChI=1S/C24H15ClN2OS/c25-20-11-9-18(10-12-20)23-16-29-24(27-23)19(15-26)13-17-5-4-8-22(14-17)28-21-6-2-1-3-7-21/h1-14,16H/b19-13-. The van der Waals surface area contributed by atoms with E-state index in [2.05, 4.69) is 11.1 Å². The van der Waals surface area contributed by atoms with Crippen LogP contribution in [0.5, 0.6) is 11.5 Å². The Morgan fingerprint density at radius 3 is 2.48 bits per heavy atom. The van der Waals surface area contributed by atoms with Gasteiger partial charge in [0, 0.05) is 16.0 Å².